The zero-order valence-corrected chi connectivity index (χ0v) is 23.2. The highest BCUT2D eigenvalue weighted by Crippen LogP contribution is 2.37. The van der Waals surface area contributed by atoms with Gasteiger partial charge in [-0.3, -0.25) is 4.79 Å². The maximum Gasteiger partial charge on any atom is 0.343 e. The molecule has 4 aromatic carbocycles. The minimum absolute atomic E-state index is 0.204. The fraction of sp³-hybridized carbons (Fsp3) is 0.0625. The topological polar surface area (TPSA) is 126 Å². The number of H-pyrrole nitrogens is 1. The number of benzene rings is 4. The van der Waals surface area contributed by atoms with E-state index in [9.17, 15) is 14.9 Å². The van der Waals surface area contributed by atoms with Crippen molar-refractivity contribution in [2.75, 3.05) is 14.2 Å². The van der Waals surface area contributed by atoms with Crippen molar-refractivity contribution in [3.8, 4) is 34.4 Å². The molecular formula is C32H23ClN4O5. The fourth-order valence-electron chi connectivity index (χ4n) is 4.40. The second kappa shape index (κ2) is 12.3. The number of nitrogens with zero attached hydrogens (tertiary/aromatic N) is 2. The molecule has 1 aromatic heterocycles. The van der Waals surface area contributed by atoms with E-state index in [1.165, 1.54) is 20.4 Å². The number of nitrogens with one attached hydrogen (secondary N) is 2. The Labute approximate surface area is 245 Å². The van der Waals surface area contributed by atoms with E-state index in [1.54, 1.807) is 72.8 Å². The molecule has 42 heavy (non-hydrogen) atoms. The quantitative estimate of drug-likeness (QED) is 0.0955. The largest absolute Gasteiger partial charge is 0.497 e. The lowest BCUT2D eigenvalue weighted by Crippen LogP contribution is -2.19. The molecule has 10 heteroatoms. The Morgan fingerprint density at radius 2 is 1.76 bits per heavy atom. The summed E-state index contributed by atoms with van der Waals surface area (Å²) in [5, 5.41) is 14.8. The summed E-state index contributed by atoms with van der Waals surface area (Å²) in [7, 11) is 2.96. The Hall–Kier alpha value is -5.59. The highest BCUT2D eigenvalue weighted by atomic mass is 35.5. The highest BCUT2D eigenvalue weighted by molar-refractivity contribution is 6.34. The smallest absolute Gasteiger partial charge is 0.343 e. The van der Waals surface area contributed by atoms with Gasteiger partial charge in [0.25, 0.3) is 5.91 Å². The number of amides is 1. The van der Waals surface area contributed by atoms with Gasteiger partial charge in [-0.05, 0) is 54.1 Å². The number of aromatic amines is 1. The molecule has 0 bridgehead atoms. The Morgan fingerprint density at radius 3 is 2.52 bits per heavy atom. The van der Waals surface area contributed by atoms with Crippen LogP contribution in [0.3, 0.4) is 0 Å². The molecule has 1 amide bonds. The third kappa shape index (κ3) is 5.66. The minimum atomic E-state index is -0.576. The Morgan fingerprint density at radius 1 is 0.952 bits per heavy atom. The Balaban J connectivity index is 1.38. The number of ether oxygens (including phenoxy) is 3. The number of methoxy groups -OCH3 is 2. The first-order valence-electron chi connectivity index (χ1n) is 12.6. The van der Waals surface area contributed by atoms with Gasteiger partial charge in [0, 0.05) is 21.5 Å². The van der Waals surface area contributed by atoms with E-state index in [2.05, 4.69) is 21.6 Å². The van der Waals surface area contributed by atoms with Gasteiger partial charge in [-0.25, -0.2) is 10.2 Å². The van der Waals surface area contributed by atoms with Crippen molar-refractivity contribution < 1.29 is 23.8 Å². The summed E-state index contributed by atoms with van der Waals surface area (Å²) in [6, 6.07) is 26.0. The van der Waals surface area contributed by atoms with Gasteiger partial charge in [0.2, 0.25) is 0 Å². The van der Waals surface area contributed by atoms with Gasteiger partial charge in [0.05, 0.1) is 37.1 Å². The van der Waals surface area contributed by atoms with Crippen LogP contribution in [0.25, 0.3) is 22.0 Å². The molecule has 0 atom stereocenters. The lowest BCUT2D eigenvalue weighted by molar-refractivity contribution is 0.0729. The molecule has 0 fully saturated rings. The zero-order chi connectivity index (χ0) is 29.6. The van der Waals surface area contributed by atoms with Gasteiger partial charge >= 0.3 is 5.97 Å². The number of aromatic nitrogens is 1. The van der Waals surface area contributed by atoms with Crippen LogP contribution < -0.4 is 19.6 Å². The van der Waals surface area contributed by atoms with Crippen molar-refractivity contribution in [2.45, 2.75) is 0 Å². The molecule has 0 radical (unpaired) electrons. The van der Waals surface area contributed by atoms with Gasteiger partial charge in [0.1, 0.15) is 17.5 Å². The average Bonchev–Trinajstić information content (AvgIpc) is 3.41. The molecule has 0 aliphatic carbocycles. The Bertz CT molecular complexity index is 1890. The number of fused-ring (bicyclic) bond motifs is 1. The Kier molecular flexibility index (Phi) is 8.18. The first-order valence-corrected chi connectivity index (χ1v) is 13.0. The van der Waals surface area contributed by atoms with E-state index >= 15 is 0 Å². The van der Waals surface area contributed by atoms with Crippen LogP contribution in [-0.4, -0.2) is 37.3 Å². The van der Waals surface area contributed by atoms with Gasteiger partial charge in [0.15, 0.2) is 11.5 Å². The van der Waals surface area contributed by atoms with E-state index in [-0.39, 0.29) is 11.4 Å². The predicted octanol–water partition coefficient (Wildman–Crippen LogP) is 6.36. The van der Waals surface area contributed by atoms with E-state index in [4.69, 9.17) is 25.8 Å². The number of para-hydroxylation sites is 1. The number of carbonyl (C=O) groups is 2. The third-order valence-corrected chi connectivity index (χ3v) is 6.73. The van der Waals surface area contributed by atoms with Crippen molar-refractivity contribution in [1.29, 1.82) is 5.26 Å². The second-order valence-electron chi connectivity index (χ2n) is 8.93. The van der Waals surface area contributed by atoms with E-state index < -0.39 is 11.9 Å². The standard InChI is InChI=1S/C32H23ClN4O5/c1-40-22-9-5-7-20(16-22)32(39)42-26-14-13-19(15-27(26)41-2)18-35-37-31(38)30-28(23-10-3-4-12-25(23)33)24-11-6-8-21(17-34)29(24)36-30/h3-16,18,36H,1-2H3,(H,37,38). The molecule has 0 saturated carbocycles. The van der Waals surface area contributed by atoms with Gasteiger partial charge in [-0.15, -0.1) is 0 Å². The van der Waals surface area contributed by atoms with Crippen LogP contribution in [0.15, 0.2) is 90.0 Å². The number of carbonyl (C=O) groups excluding carboxylic acids is 2. The number of nitriles is 1. The SMILES string of the molecule is COc1cccc(C(=O)Oc2ccc(C=NNC(=O)c3[nH]c4c(C#N)cccc4c3-c3ccccc3Cl)cc2OC)c1. The summed E-state index contributed by atoms with van der Waals surface area (Å²) in [5.41, 5.74) is 5.73. The van der Waals surface area contributed by atoms with Gasteiger partial charge in [-0.2, -0.15) is 10.4 Å². The van der Waals surface area contributed by atoms with E-state index in [0.717, 1.165) is 0 Å². The molecule has 1 heterocycles. The lowest BCUT2D eigenvalue weighted by Gasteiger charge is -2.10. The number of halogens is 1. The number of rotatable bonds is 8. The average molecular weight is 579 g/mol. The zero-order valence-electron chi connectivity index (χ0n) is 22.5. The van der Waals surface area contributed by atoms with E-state index in [1.807, 2.05) is 12.1 Å². The summed E-state index contributed by atoms with van der Waals surface area (Å²) in [5.74, 6) is -0.0726. The molecule has 2 N–H and O–H groups in total. The van der Waals surface area contributed by atoms with Crippen molar-refractivity contribution in [3.63, 3.8) is 0 Å². The molecule has 5 aromatic rings. The molecule has 9 nitrogen and oxygen atoms in total. The van der Waals surface area contributed by atoms with Crippen LogP contribution >= 0.6 is 11.6 Å². The molecule has 0 unspecified atom stereocenters. The molecule has 0 aliphatic heterocycles. The van der Waals surface area contributed by atoms with E-state index in [0.29, 0.717) is 55.2 Å². The summed E-state index contributed by atoms with van der Waals surface area (Å²) in [4.78, 5) is 29.0. The summed E-state index contributed by atoms with van der Waals surface area (Å²) in [6.07, 6.45) is 1.42. The van der Waals surface area contributed by atoms with Crippen LogP contribution in [0.1, 0.15) is 32.0 Å². The highest BCUT2D eigenvalue weighted by Gasteiger charge is 2.22. The van der Waals surface area contributed by atoms with Crippen molar-refractivity contribution in [3.05, 3.63) is 112 Å². The summed E-state index contributed by atoms with van der Waals surface area (Å²) in [6.45, 7) is 0. The molecule has 5 rings (SSSR count). The monoisotopic (exact) mass is 578 g/mol. The second-order valence-corrected chi connectivity index (χ2v) is 9.33. The molecule has 0 aliphatic rings. The molecular weight excluding hydrogens is 556 g/mol. The van der Waals surface area contributed by atoms with Crippen LogP contribution in [-0.2, 0) is 0 Å². The van der Waals surface area contributed by atoms with Crippen LogP contribution in [0.2, 0.25) is 5.02 Å². The maximum absolute atomic E-state index is 13.3. The fourth-order valence-corrected chi connectivity index (χ4v) is 4.63. The van der Waals surface area contributed by atoms with Gasteiger partial charge < -0.3 is 19.2 Å². The van der Waals surface area contributed by atoms with Crippen LogP contribution in [0.4, 0.5) is 0 Å². The number of hydrogen-bond donors (Lipinski definition) is 2. The minimum Gasteiger partial charge on any atom is -0.497 e. The van der Waals surface area contributed by atoms with Gasteiger partial charge in [-0.1, -0.05) is 48.0 Å². The third-order valence-electron chi connectivity index (χ3n) is 6.40. The maximum atomic E-state index is 13.3. The summed E-state index contributed by atoms with van der Waals surface area (Å²) >= 11 is 6.48. The van der Waals surface area contributed by atoms with Crippen molar-refractivity contribution in [1.82, 2.24) is 10.4 Å². The first-order chi connectivity index (χ1) is 20.4. The number of hydrazone groups is 1. The normalized spacial score (nSPS) is 10.8. The first kappa shape index (κ1) is 28.0. The van der Waals surface area contributed by atoms with Crippen molar-refractivity contribution >= 4 is 40.6 Å². The lowest BCUT2D eigenvalue weighted by atomic mass is 10.0. The van der Waals surface area contributed by atoms with Crippen LogP contribution in [0.5, 0.6) is 17.2 Å². The summed E-state index contributed by atoms with van der Waals surface area (Å²) < 4.78 is 16.1. The van der Waals surface area contributed by atoms with Crippen LogP contribution in [0, 0.1) is 11.3 Å². The molecule has 0 spiro atoms. The number of hydrogen-bond acceptors (Lipinski definition) is 7. The number of esters is 1. The predicted molar refractivity (Wildman–Crippen MR) is 159 cm³/mol. The van der Waals surface area contributed by atoms with Crippen molar-refractivity contribution in [2.24, 2.45) is 5.10 Å². The molecule has 208 valence electrons. The molecule has 0 saturated heterocycles.